The van der Waals surface area contributed by atoms with Crippen molar-refractivity contribution in [2.75, 3.05) is 13.2 Å². The Balaban J connectivity index is 1.50. The van der Waals surface area contributed by atoms with Gasteiger partial charge in [0.1, 0.15) is 12.7 Å². The highest BCUT2D eigenvalue weighted by Crippen LogP contribution is 2.42. The first-order valence-electron chi connectivity index (χ1n) is 9.91. The summed E-state index contributed by atoms with van der Waals surface area (Å²) < 4.78 is 19.9. The SMILES string of the molecule is Cn1cncc1CC[C@]1(c2ccc(Cl)cc2Cl)OC[C@@H](COC(=O)c2ccccc2)O1. The zero-order valence-electron chi connectivity index (χ0n) is 17.0. The van der Waals surface area contributed by atoms with Crippen molar-refractivity contribution in [2.24, 2.45) is 7.05 Å². The summed E-state index contributed by atoms with van der Waals surface area (Å²) in [5.74, 6) is -1.48. The maximum absolute atomic E-state index is 12.3. The number of rotatable bonds is 7. The van der Waals surface area contributed by atoms with Gasteiger partial charge in [-0.05, 0) is 30.7 Å². The number of carbonyl (C=O) groups excluding carboxylic acids is 1. The largest absolute Gasteiger partial charge is 0.459 e. The maximum atomic E-state index is 12.3. The Morgan fingerprint density at radius 3 is 2.77 bits per heavy atom. The lowest BCUT2D eigenvalue weighted by atomic mass is 9.99. The summed E-state index contributed by atoms with van der Waals surface area (Å²) in [5, 5.41) is 0.987. The van der Waals surface area contributed by atoms with Crippen molar-refractivity contribution in [3.05, 3.63) is 87.9 Å². The smallest absolute Gasteiger partial charge is 0.338 e. The standard InChI is InChI=1S/C23H22Cl2N2O4/c1-27-15-26-12-18(27)9-10-23(20-8-7-17(24)11-21(20)25)30-14-19(31-23)13-29-22(28)16-5-3-2-4-6-16/h2-8,11-12,15,19H,9-10,13-14H2,1H3/t19-,23+/m1/s1. The molecule has 2 aromatic carbocycles. The van der Waals surface area contributed by atoms with Gasteiger partial charge in [0.2, 0.25) is 0 Å². The number of hydrogen-bond donors (Lipinski definition) is 0. The van der Waals surface area contributed by atoms with Gasteiger partial charge in [-0.25, -0.2) is 9.78 Å². The third kappa shape index (κ3) is 4.93. The molecule has 1 saturated heterocycles. The molecule has 0 radical (unpaired) electrons. The normalized spacial score (nSPS) is 20.7. The molecule has 8 heteroatoms. The molecule has 1 fully saturated rings. The van der Waals surface area contributed by atoms with Crippen LogP contribution in [-0.4, -0.2) is 34.8 Å². The van der Waals surface area contributed by atoms with Gasteiger partial charge >= 0.3 is 5.97 Å². The van der Waals surface area contributed by atoms with E-state index in [0.717, 1.165) is 5.69 Å². The molecule has 6 nitrogen and oxygen atoms in total. The van der Waals surface area contributed by atoms with E-state index in [0.29, 0.717) is 34.0 Å². The topological polar surface area (TPSA) is 62.6 Å². The Labute approximate surface area is 190 Å². The van der Waals surface area contributed by atoms with Crippen molar-refractivity contribution >= 4 is 29.2 Å². The van der Waals surface area contributed by atoms with Crippen LogP contribution in [0.15, 0.2) is 61.1 Å². The van der Waals surface area contributed by atoms with Crippen LogP contribution in [0.4, 0.5) is 0 Å². The van der Waals surface area contributed by atoms with E-state index in [1.807, 2.05) is 29.9 Å². The molecule has 0 spiro atoms. The minimum absolute atomic E-state index is 0.0758. The van der Waals surface area contributed by atoms with E-state index < -0.39 is 17.9 Å². The highest BCUT2D eigenvalue weighted by molar-refractivity contribution is 6.35. The number of carbonyl (C=O) groups is 1. The summed E-state index contributed by atoms with van der Waals surface area (Å²) in [4.78, 5) is 16.4. The van der Waals surface area contributed by atoms with Gasteiger partial charge < -0.3 is 18.8 Å². The Morgan fingerprint density at radius 2 is 2.06 bits per heavy atom. The third-order valence-corrected chi connectivity index (χ3v) is 5.79. The number of aromatic nitrogens is 2. The molecule has 0 aliphatic carbocycles. The molecule has 31 heavy (non-hydrogen) atoms. The summed E-state index contributed by atoms with van der Waals surface area (Å²) in [6, 6.07) is 14.1. The van der Waals surface area contributed by atoms with Crippen molar-refractivity contribution < 1.29 is 19.0 Å². The summed E-state index contributed by atoms with van der Waals surface area (Å²) in [6.07, 6.45) is 4.30. The van der Waals surface area contributed by atoms with E-state index in [1.54, 1.807) is 42.7 Å². The molecule has 0 amide bonds. The summed E-state index contributed by atoms with van der Waals surface area (Å²) >= 11 is 12.6. The van der Waals surface area contributed by atoms with E-state index in [2.05, 4.69) is 4.98 Å². The molecule has 162 valence electrons. The van der Waals surface area contributed by atoms with Gasteiger partial charge in [0.05, 0.1) is 23.5 Å². The minimum Gasteiger partial charge on any atom is -0.459 e. The van der Waals surface area contributed by atoms with Crippen LogP contribution in [-0.2, 0) is 33.5 Å². The first-order chi connectivity index (χ1) is 15.0. The number of esters is 1. The molecule has 2 atom stereocenters. The zero-order chi connectivity index (χ0) is 21.8. The third-order valence-electron chi connectivity index (χ3n) is 5.24. The second-order valence-corrected chi connectivity index (χ2v) is 8.23. The van der Waals surface area contributed by atoms with E-state index in [4.69, 9.17) is 37.4 Å². The van der Waals surface area contributed by atoms with E-state index >= 15 is 0 Å². The molecule has 0 N–H and O–H groups in total. The monoisotopic (exact) mass is 460 g/mol. The van der Waals surface area contributed by atoms with E-state index in [1.165, 1.54) is 0 Å². The highest BCUT2D eigenvalue weighted by atomic mass is 35.5. The quantitative estimate of drug-likeness (QED) is 0.474. The summed E-state index contributed by atoms with van der Waals surface area (Å²) in [7, 11) is 1.94. The molecular weight excluding hydrogens is 439 g/mol. The molecule has 0 saturated carbocycles. The number of ether oxygens (including phenoxy) is 3. The maximum Gasteiger partial charge on any atom is 0.338 e. The van der Waals surface area contributed by atoms with Gasteiger partial charge in [0, 0.05) is 35.9 Å². The highest BCUT2D eigenvalue weighted by Gasteiger charge is 2.44. The average Bonchev–Trinajstić information content (AvgIpc) is 3.37. The average molecular weight is 461 g/mol. The molecule has 0 unspecified atom stereocenters. The minimum atomic E-state index is -1.07. The zero-order valence-corrected chi connectivity index (χ0v) is 18.5. The number of halogens is 2. The van der Waals surface area contributed by atoms with Gasteiger partial charge in [0.25, 0.3) is 0 Å². The van der Waals surface area contributed by atoms with Crippen molar-refractivity contribution in [1.82, 2.24) is 9.55 Å². The summed E-state index contributed by atoms with van der Waals surface area (Å²) in [6.45, 7) is 0.346. The number of aryl methyl sites for hydroxylation is 2. The Bertz CT molecular complexity index is 1060. The Hall–Kier alpha value is -2.38. The van der Waals surface area contributed by atoms with Crippen molar-refractivity contribution in [2.45, 2.75) is 24.7 Å². The van der Waals surface area contributed by atoms with Crippen molar-refractivity contribution in [1.29, 1.82) is 0 Å². The second-order valence-electron chi connectivity index (χ2n) is 7.39. The second kappa shape index (κ2) is 9.40. The molecule has 1 aliphatic heterocycles. The molecular formula is C23H22Cl2N2O4. The van der Waals surface area contributed by atoms with Crippen molar-refractivity contribution in [3.63, 3.8) is 0 Å². The van der Waals surface area contributed by atoms with Gasteiger partial charge in [-0.15, -0.1) is 0 Å². The molecule has 2 heterocycles. The van der Waals surface area contributed by atoms with Crippen LogP contribution in [0.2, 0.25) is 10.0 Å². The van der Waals surface area contributed by atoms with Crippen molar-refractivity contribution in [3.8, 4) is 0 Å². The fraction of sp³-hybridized carbons (Fsp3) is 0.304. The first-order valence-corrected chi connectivity index (χ1v) is 10.7. The predicted molar refractivity (Wildman–Crippen MR) is 117 cm³/mol. The van der Waals surface area contributed by atoms with E-state index in [-0.39, 0.29) is 13.2 Å². The lowest BCUT2D eigenvalue weighted by Crippen LogP contribution is -2.31. The van der Waals surface area contributed by atoms with Crippen LogP contribution in [0, 0.1) is 0 Å². The van der Waals surface area contributed by atoms with E-state index in [9.17, 15) is 4.79 Å². The van der Waals surface area contributed by atoms with Crippen LogP contribution >= 0.6 is 23.2 Å². The number of imidazole rings is 1. The fourth-order valence-electron chi connectivity index (χ4n) is 3.60. The molecule has 4 rings (SSSR count). The Kier molecular flexibility index (Phi) is 6.62. The van der Waals surface area contributed by atoms with Gasteiger partial charge in [-0.3, -0.25) is 0 Å². The van der Waals surface area contributed by atoms with Crippen LogP contribution in [0.3, 0.4) is 0 Å². The van der Waals surface area contributed by atoms with Gasteiger partial charge in [-0.1, -0.05) is 47.5 Å². The molecule has 1 aliphatic rings. The number of benzene rings is 2. The van der Waals surface area contributed by atoms with Crippen LogP contribution < -0.4 is 0 Å². The lowest BCUT2D eigenvalue weighted by Gasteiger charge is -2.29. The summed E-state index contributed by atoms with van der Waals surface area (Å²) in [5.41, 5.74) is 2.22. The number of hydrogen-bond acceptors (Lipinski definition) is 5. The predicted octanol–water partition coefficient (Wildman–Crippen LogP) is 4.78. The van der Waals surface area contributed by atoms with Gasteiger partial charge in [-0.2, -0.15) is 0 Å². The van der Waals surface area contributed by atoms with Crippen LogP contribution in [0.1, 0.15) is 28.0 Å². The Morgan fingerprint density at radius 1 is 1.26 bits per heavy atom. The molecule has 3 aromatic rings. The molecule has 1 aromatic heterocycles. The fourth-order valence-corrected chi connectivity index (χ4v) is 4.15. The molecule has 0 bridgehead atoms. The first kappa shape index (κ1) is 21.8. The van der Waals surface area contributed by atoms with Gasteiger partial charge in [0.15, 0.2) is 5.79 Å². The lowest BCUT2D eigenvalue weighted by molar-refractivity contribution is -0.184. The van der Waals surface area contributed by atoms with Crippen LogP contribution in [0.25, 0.3) is 0 Å². The van der Waals surface area contributed by atoms with Crippen LogP contribution in [0.5, 0.6) is 0 Å². The number of nitrogens with zero attached hydrogens (tertiary/aromatic N) is 2.